The maximum atomic E-state index is 12.8. The average Bonchev–Trinajstić information content (AvgIpc) is 3.06. The molecular formula is C23H26F3N5OS. The smallest absolute Gasteiger partial charge is 0.353 e. The number of alkyl halides is 3. The second-order valence-electron chi connectivity index (χ2n) is 9.16. The molecule has 2 aromatic heterocycles. The Morgan fingerprint density at radius 3 is 2.70 bits per heavy atom. The first-order valence-electron chi connectivity index (χ1n) is 11.1. The van der Waals surface area contributed by atoms with E-state index in [-0.39, 0.29) is 5.41 Å². The van der Waals surface area contributed by atoms with Gasteiger partial charge in [-0.25, -0.2) is 0 Å². The van der Waals surface area contributed by atoms with E-state index in [1.165, 1.54) is 12.1 Å². The molecule has 0 amide bonds. The van der Waals surface area contributed by atoms with Crippen LogP contribution in [0.1, 0.15) is 42.0 Å². The second-order valence-corrected chi connectivity index (χ2v) is 10.2. The summed E-state index contributed by atoms with van der Waals surface area (Å²) in [5.74, 6) is 2.61. The third kappa shape index (κ3) is 4.55. The Morgan fingerprint density at radius 1 is 1.21 bits per heavy atom. The summed E-state index contributed by atoms with van der Waals surface area (Å²) in [7, 11) is 1.92. The SMILES string of the molecule is Cc1cc(-c2nnc(SCCCN3CC[C@@]4(C[C@@H]4c4ccc(C(F)(F)F)cc4)C3)n2C)on1. The van der Waals surface area contributed by atoms with Crippen LogP contribution in [0.4, 0.5) is 13.2 Å². The maximum absolute atomic E-state index is 12.8. The lowest BCUT2D eigenvalue weighted by atomic mass is 9.97. The third-order valence-electron chi connectivity index (χ3n) is 6.83. The molecule has 1 saturated heterocycles. The summed E-state index contributed by atoms with van der Waals surface area (Å²) in [5.41, 5.74) is 1.53. The monoisotopic (exact) mass is 477 g/mol. The predicted molar refractivity (Wildman–Crippen MR) is 119 cm³/mol. The molecule has 2 atom stereocenters. The maximum Gasteiger partial charge on any atom is 0.416 e. The number of aromatic nitrogens is 4. The van der Waals surface area contributed by atoms with Crippen molar-refractivity contribution in [1.82, 2.24) is 24.8 Å². The summed E-state index contributed by atoms with van der Waals surface area (Å²) in [4.78, 5) is 2.49. The van der Waals surface area contributed by atoms with Crippen LogP contribution >= 0.6 is 11.8 Å². The van der Waals surface area contributed by atoms with Gasteiger partial charge in [-0.05, 0) is 68.3 Å². The molecule has 0 radical (unpaired) electrons. The molecule has 1 saturated carbocycles. The van der Waals surface area contributed by atoms with Gasteiger partial charge < -0.3 is 14.0 Å². The van der Waals surface area contributed by atoms with Crippen molar-refractivity contribution in [3.8, 4) is 11.6 Å². The van der Waals surface area contributed by atoms with Crippen LogP contribution in [0.2, 0.25) is 0 Å². The predicted octanol–water partition coefficient (Wildman–Crippen LogP) is 5.16. The number of nitrogens with zero attached hydrogens (tertiary/aromatic N) is 5. The standard InChI is InChI=1S/C23H26F3N5OS/c1-15-12-19(32-29-15)20-27-28-21(30(20)2)33-11-3-9-31-10-8-22(14-31)13-18(22)16-4-6-17(7-5-16)23(24,25)26/h4-7,12,18H,3,8-11,13-14H2,1-2H3/t18-,22-/m1/s1. The molecule has 2 aliphatic rings. The van der Waals surface area contributed by atoms with Gasteiger partial charge in [-0.1, -0.05) is 29.1 Å². The van der Waals surface area contributed by atoms with E-state index in [4.69, 9.17) is 4.52 Å². The molecule has 1 aromatic carbocycles. The zero-order valence-corrected chi connectivity index (χ0v) is 19.4. The molecule has 10 heteroatoms. The van der Waals surface area contributed by atoms with Gasteiger partial charge in [-0.2, -0.15) is 13.2 Å². The van der Waals surface area contributed by atoms with Crippen molar-refractivity contribution in [3.63, 3.8) is 0 Å². The minimum absolute atomic E-state index is 0.251. The van der Waals surface area contributed by atoms with Crippen LogP contribution in [0, 0.1) is 12.3 Å². The van der Waals surface area contributed by atoms with Gasteiger partial charge in [-0.15, -0.1) is 10.2 Å². The first kappa shape index (κ1) is 22.5. The molecule has 0 N–H and O–H groups in total. The number of rotatable bonds is 7. The lowest BCUT2D eigenvalue weighted by molar-refractivity contribution is -0.137. The van der Waals surface area contributed by atoms with Crippen molar-refractivity contribution in [3.05, 3.63) is 47.2 Å². The molecule has 1 aliphatic heterocycles. The van der Waals surface area contributed by atoms with Crippen molar-refractivity contribution in [2.45, 2.75) is 43.4 Å². The fourth-order valence-corrected chi connectivity index (χ4v) is 5.76. The molecule has 1 spiro atoms. The number of thioether (sulfide) groups is 1. The highest BCUT2D eigenvalue weighted by Crippen LogP contribution is 2.64. The number of aryl methyl sites for hydroxylation is 1. The van der Waals surface area contributed by atoms with Crippen LogP contribution < -0.4 is 0 Å². The molecule has 3 heterocycles. The minimum atomic E-state index is -4.27. The zero-order valence-electron chi connectivity index (χ0n) is 18.6. The quantitative estimate of drug-likeness (QED) is 0.346. The number of likely N-dealkylation sites (tertiary alicyclic amines) is 1. The lowest BCUT2D eigenvalue weighted by Gasteiger charge is -2.16. The van der Waals surface area contributed by atoms with Gasteiger partial charge in [0.25, 0.3) is 0 Å². The van der Waals surface area contributed by atoms with Gasteiger partial charge in [0, 0.05) is 25.4 Å². The van der Waals surface area contributed by atoms with Crippen LogP contribution in [-0.2, 0) is 13.2 Å². The van der Waals surface area contributed by atoms with Crippen LogP contribution in [0.25, 0.3) is 11.6 Å². The Morgan fingerprint density at radius 2 is 2.00 bits per heavy atom. The second kappa shape index (κ2) is 8.47. The van der Waals surface area contributed by atoms with Gasteiger partial charge >= 0.3 is 6.18 Å². The van der Waals surface area contributed by atoms with Crippen LogP contribution in [0.15, 0.2) is 40.0 Å². The van der Waals surface area contributed by atoms with Gasteiger partial charge in [0.2, 0.25) is 11.6 Å². The van der Waals surface area contributed by atoms with Crippen molar-refractivity contribution >= 4 is 11.8 Å². The van der Waals surface area contributed by atoms with Crippen molar-refractivity contribution in [1.29, 1.82) is 0 Å². The molecule has 176 valence electrons. The van der Waals surface area contributed by atoms with Gasteiger partial charge in [-0.3, -0.25) is 0 Å². The highest BCUT2D eigenvalue weighted by atomic mass is 32.2. The fourth-order valence-electron chi connectivity index (χ4n) is 4.93. The Labute approximate surface area is 194 Å². The molecule has 2 fully saturated rings. The zero-order chi connectivity index (χ0) is 23.2. The van der Waals surface area contributed by atoms with Crippen LogP contribution in [0.3, 0.4) is 0 Å². The van der Waals surface area contributed by atoms with E-state index in [1.807, 2.05) is 24.6 Å². The van der Waals surface area contributed by atoms with E-state index in [0.717, 1.165) is 61.1 Å². The Balaban J connectivity index is 1.09. The molecule has 1 aliphatic carbocycles. The summed E-state index contributed by atoms with van der Waals surface area (Å²) in [6.45, 7) is 4.97. The lowest BCUT2D eigenvalue weighted by Crippen LogP contribution is -2.23. The van der Waals surface area contributed by atoms with E-state index in [1.54, 1.807) is 23.9 Å². The van der Waals surface area contributed by atoms with E-state index < -0.39 is 11.7 Å². The topological polar surface area (TPSA) is 60.0 Å². The molecule has 3 aromatic rings. The summed E-state index contributed by atoms with van der Waals surface area (Å²) in [6, 6.07) is 7.60. The number of halogens is 3. The number of hydrogen-bond acceptors (Lipinski definition) is 6. The van der Waals surface area contributed by atoms with Crippen molar-refractivity contribution in [2.24, 2.45) is 12.5 Å². The van der Waals surface area contributed by atoms with Crippen LogP contribution in [0.5, 0.6) is 0 Å². The third-order valence-corrected chi connectivity index (χ3v) is 7.93. The Bertz CT molecular complexity index is 1130. The Hall–Kier alpha value is -2.33. The van der Waals surface area contributed by atoms with Gasteiger partial charge in [0.05, 0.1) is 11.3 Å². The fraction of sp³-hybridized carbons (Fsp3) is 0.522. The first-order chi connectivity index (χ1) is 15.7. The Kier molecular flexibility index (Phi) is 5.76. The van der Waals surface area contributed by atoms with Crippen molar-refractivity contribution < 1.29 is 17.7 Å². The van der Waals surface area contributed by atoms with E-state index in [0.29, 0.717) is 17.5 Å². The van der Waals surface area contributed by atoms with E-state index >= 15 is 0 Å². The van der Waals surface area contributed by atoms with E-state index in [2.05, 4.69) is 20.3 Å². The molecule has 5 rings (SSSR count). The summed E-state index contributed by atoms with van der Waals surface area (Å²) < 4.78 is 45.7. The average molecular weight is 478 g/mol. The van der Waals surface area contributed by atoms with Crippen molar-refractivity contribution in [2.75, 3.05) is 25.4 Å². The largest absolute Gasteiger partial charge is 0.416 e. The highest BCUT2D eigenvalue weighted by Gasteiger charge is 2.57. The molecule has 33 heavy (non-hydrogen) atoms. The molecule has 6 nitrogen and oxygen atoms in total. The number of benzene rings is 1. The van der Waals surface area contributed by atoms with Crippen LogP contribution in [-0.4, -0.2) is 50.2 Å². The normalized spacial score (nSPS) is 23.0. The first-order valence-corrected chi connectivity index (χ1v) is 12.1. The molecule has 0 bridgehead atoms. The van der Waals surface area contributed by atoms with Gasteiger partial charge in [0.15, 0.2) is 5.16 Å². The molecule has 0 unspecified atom stereocenters. The minimum Gasteiger partial charge on any atom is -0.353 e. The van der Waals surface area contributed by atoms with E-state index in [9.17, 15) is 13.2 Å². The summed E-state index contributed by atoms with van der Waals surface area (Å²) in [6.07, 6.45) is -1.04. The highest BCUT2D eigenvalue weighted by molar-refractivity contribution is 7.99. The molecular weight excluding hydrogens is 451 g/mol. The number of hydrogen-bond donors (Lipinski definition) is 0. The summed E-state index contributed by atoms with van der Waals surface area (Å²) >= 11 is 1.68. The van der Waals surface area contributed by atoms with Gasteiger partial charge in [0.1, 0.15) is 0 Å². The summed E-state index contributed by atoms with van der Waals surface area (Å²) in [5, 5.41) is 13.2.